The second-order valence-corrected chi connectivity index (χ2v) is 5.33. The topological polar surface area (TPSA) is 97.5 Å². The first-order valence-electron chi connectivity index (χ1n) is 4.94. The molecule has 0 unspecified atom stereocenters. The van der Waals surface area contributed by atoms with E-state index in [0.717, 1.165) is 0 Å². The summed E-state index contributed by atoms with van der Waals surface area (Å²) in [5, 5.41) is 8.19. The summed E-state index contributed by atoms with van der Waals surface area (Å²) in [5.41, 5.74) is -0.399. The van der Waals surface area contributed by atoms with Gasteiger partial charge in [0, 0.05) is 0 Å². The van der Waals surface area contributed by atoms with Gasteiger partial charge in [-0.05, 0) is 19.1 Å². The van der Waals surface area contributed by atoms with Crippen molar-refractivity contribution in [1.29, 1.82) is 0 Å². The quantitative estimate of drug-likeness (QED) is 0.905. The number of aryl methyl sites for hydroxylation is 1. The molecule has 0 spiro atoms. The first-order chi connectivity index (χ1) is 8.43. The van der Waals surface area contributed by atoms with Crippen LogP contribution in [0.1, 0.15) is 16.2 Å². The molecule has 1 heterocycles. The Morgan fingerprint density at radius 2 is 1.89 bits per heavy atom. The molecule has 0 radical (unpaired) electrons. The van der Waals surface area contributed by atoms with Crippen molar-refractivity contribution < 1.29 is 22.7 Å². The molecule has 0 bridgehead atoms. The van der Waals surface area contributed by atoms with Crippen LogP contribution in [0.4, 0.5) is 0 Å². The molecule has 94 valence electrons. The highest BCUT2D eigenvalue weighted by atomic mass is 32.2. The third-order valence-electron chi connectivity index (χ3n) is 2.26. The summed E-state index contributed by atoms with van der Waals surface area (Å²) >= 11 is 0. The number of benzene rings is 1. The first-order valence-corrected chi connectivity index (χ1v) is 6.42. The molecule has 2 rings (SSSR count). The molecule has 0 fully saturated rings. The Bertz CT molecular complexity index is 687. The number of aromatic nitrogens is 1. The number of aromatic carboxylic acids is 1. The molecule has 6 nitrogen and oxygen atoms in total. The van der Waals surface area contributed by atoms with E-state index in [1.54, 1.807) is 18.2 Å². The molecule has 18 heavy (non-hydrogen) atoms. The third kappa shape index (κ3) is 2.00. The number of carboxylic acid groups (broad SMARTS) is 1. The van der Waals surface area contributed by atoms with Gasteiger partial charge in [-0.1, -0.05) is 18.2 Å². The van der Waals surface area contributed by atoms with Crippen molar-refractivity contribution >= 4 is 15.8 Å². The second-order valence-electron chi connectivity index (χ2n) is 3.51. The van der Waals surface area contributed by atoms with E-state index in [1.165, 1.54) is 19.1 Å². The molecule has 0 amide bonds. The van der Waals surface area contributed by atoms with E-state index < -0.39 is 26.7 Å². The number of nitrogens with zero attached hydrogens (tertiary/aromatic N) is 1. The lowest BCUT2D eigenvalue weighted by Gasteiger charge is -1.98. The van der Waals surface area contributed by atoms with E-state index in [-0.39, 0.29) is 10.7 Å². The molecule has 2 aromatic rings. The largest absolute Gasteiger partial charge is 0.476 e. The molecule has 0 saturated heterocycles. The number of sulfone groups is 1. The van der Waals surface area contributed by atoms with Crippen LogP contribution < -0.4 is 0 Å². The Balaban J connectivity index is 2.56. The number of carboxylic acids is 1. The van der Waals surface area contributed by atoms with Gasteiger partial charge in [-0.3, -0.25) is 0 Å². The highest BCUT2D eigenvalue weighted by Gasteiger charge is 2.27. The zero-order valence-electron chi connectivity index (χ0n) is 9.32. The second kappa shape index (κ2) is 4.26. The van der Waals surface area contributed by atoms with E-state index >= 15 is 0 Å². The minimum atomic E-state index is -3.92. The fraction of sp³-hybridized carbons (Fsp3) is 0.0909. The average Bonchev–Trinajstić information content (AvgIpc) is 2.73. The zero-order chi connectivity index (χ0) is 13.3. The molecule has 0 aliphatic rings. The van der Waals surface area contributed by atoms with Gasteiger partial charge < -0.3 is 9.52 Å². The normalized spacial score (nSPS) is 11.4. The van der Waals surface area contributed by atoms with Crippen LogP contribution in [-0.2, 0) is 9.84 Å². The van der Waals surface area contributed by atoms with Gasteiger partial charge in [0.1, 0.15) is 5.76 Å². The minimum Gasteiger partial charge on any atom is -0.476 e. The van der Waals surface area contributed by atoms with Gasteiger partial charge in [0.25, 0.3) is 9.84 Å². The zero-order valence-corrected chi connectivity index (χ0v) is 10.1. The molecule has 1 aromatic carbocycles. The van der Waals surface area contributed by atoms with Crippen molar-refractivity contribution in [2.75, 3.05) is 0 Å². The van der Waals surface area contributed by atoms with Crippen LogP contribution in [0.3, 0.4) is 0 Å². The van der Waals surface area contributed by atoms with Crippen LogP contribution in [0, 0.1) is 6.92 Å². The molecule has 0 aliphatic carbocycles. The van der Waals surface area contributed by atoms with Crippen molar-refractivity contribution in [1.82, 2.24) is 4.98 Å². The van der Waals surface area contributed by atoms with Crippen LogP contribution >= 0.6 is 0 Å². The number of carbonyl (C=O) groups is 1. The fourth-order valence-electron chi connectivity index (χ4n) is 1.39. The standard InChI is InChI=1S/C11H9NO5S/c1-7-9(10(13)14)12-11(17-7)18(15,16)8-5-3-2-4-6-8/h2-6H,1H3,(H,13,14). The van der Waals surface area contributed by atoms with Gasteiger partial charge in [-0.25, -0.2) is 13.2 Å². The van der Waals surface area contributed by atoms with Gasteiger partial charge in [0.15, 0.2) is 5.69 Å². The molecule has 0 aliphatic heterocycles. The van der Waals surface area contributed by atoms with Crippen LogP contribution in [-0.4, -0.2) is 24.5 Å². The third-order valence-corrected chi connectivity index (χ3v) is 3.79. The smallest absolute Gasteiger partial charge is 0.358 e. The number of rotatable bonds is 3. The fourth-order valence-corrected chi connectivity index (χ4v) is 2.55. The van der Waals surface area contributed by atoms with E-state index in [2.05, 4.69) is 4.98 Å². The Hall–Kier alpha value is -2.15. The van der Waals surface area contributed by atoms with Gasteiger partial charge >= 0.3 is 11.2 Å². The average molecular weight is 267 g/mol. The molecule has 0 atom stereocenters. The maximum Gasteiger partial charge on any atom is 0.358 e. The Morgan fingerprint density at radius 1 is 1.28 bits per heavy atom. The van der Waals surface area contributed by atoms with Gasteiger partial charge in [-0.15, -0.1) is 0 Å². The van der Waals surface area contributed by atoms with Gasteiger partial charge in [0.2, 0.25) is 0 Å². The van der Waals surface area contributed by atoms with Crippen LogP contribution in [0.2, 0.25) is 0 Å². The van der Waals surface area contributed by atoms with Gasteiger partial charge in [0.05, 0.1) is 4.90 Å². The van der Waals surface area contributed by atoms with Crippen molar-refractivity contribution in [2.45, 2.75) is 17.0 Å². The Morgan fingerprint density at radius 3 is 2.39 bits per heavy atom. The number of oxazole rings is 1. The summed E-state index contributed by atoms with van der Waals surface area (Å²) in [4.78, 5) is 14.3. The van der Waals surface area contributed by atoms with E-state index in [9.17, 15) is 13.2 Å². The predicted octanol–water partition coefficient (Wildman–Crippen LogP) is 1.51. The Labute approximate surface area is 103 Å². The summed E-state index contributed by atoms with van der Waals surface area (Å²) in [6, 6.07) is 7.55. The summed E-state index contributed by atoms with van der Waals surface area (Å²) in [7, 11) is -3.92. The lowest BCUT2D eigenvalue weighted by atomic mass is 10.4. The van der Waals surface area contributed by atoms with E-state index in [0.29, 0.717) is 0 Å². The summed E-state index contributed by atoms with van der Waals surface area (Å²) in [6.07, 6.45) is 0. The van der Waals surface area contributed by atoms with Crippen molar-refractivity contribution in [3.05, 3.63) is 41.8 Å². The van der Waals surface area contributed by atoms with Crippen LogP contribution in [0.5, 0.6) is 0 Å². The van der Waals surface area contributed by atoms with Crippen LogP contribution in [0.15, 0.2) is 44.9 Å². The molecular weight excluding hydrogens is 258 g/mol. The van der Waals surface area contributed by atoms with E-state index in [4.69, 9.17) is 9.52 Å². The van der Waals surface area contributed by atoms with Crippen molar-refractivity contribution in [3.63, 3.8) is 0 Å². The lowest BCUT2D eigenvalue weighted by molar-refractivity contribution is 0.0689. The molecule has 7 heteroatoms. The molecule has 1 aromatic heterocycles. The SMILES string of the molecule is Cc1oc(S(=O)(=O)c2ccccc2)nc1C(=O)O. The summed E-state index contributed by atoms with van der Waals surface area (Å²) in [5.74, 6) is -1.37. The number of hydrogen-bond donors (Lipinski definition) is 1. The summed E-state index contributed by atoms with van der Waals surface area (Å²) in [6.45, 7) is 1.35. The van der Waals surface area contributed by atoms with E-state index in [1.807, 2.05) is 0 Å². The highest BCUT2D eigenvalue weighted by Crippen LogP contribution is 2.22. The predicted molar refractivity (Wildman–Crippen MR) is 60.1 cm³/mol. The first kappa shape index (κ1) is 12.3. The Kier molecular flexibility index (Phi) is 2.92. The maximum absolute atomic E-state index is 12.1. The van der Waals surface area contributed by atoms with Crippen LogP contribution in [0.25, 0.3) is 0 Å². The lowest BCUT2D eigenvalue weighted by Crippen LogP contribution is -2.04. The van der Waals surface area contributed by atoms with Crippen molar-refractivity contribution in [3.8, 4) is 0 Å². The molecular formula is C11H9NO5S. The summed E-state index contributed by atoms with van der Waals surface area (Å²) < 4.78 is 29.1. The number of hydrogen-bond acceptors (Lipinski definition) is 5. The monoisotopic (exact) mass is 267 g/mol. The minimum absolute atomic E-state index is 0.00295. The highest BCUT2D eigenvalue weighted by molar-refractivity contribution is 7.91. The maximum atomic E-state index is 12.1. The molecule has 1 N–H and O–H groups in total. The molecule has 0 saturated carbocycles. The van der Waals surface area contributed by atoms with Gasteiger partial charge in [-0.2, -0.15) is 4.98 Å². The van der Waals surface area contributed by atoms with Crippen molar-refractivity contribution in [2.24, 2.45) is 0 Å².